The minimum absolute atomic E-state index is 0.134. The Morgan fingerprint density at radius 1 is 1.54 bits per heavy atom. The lowest BCUT2D eigenvalue weighted by molar-refractivity contribution is 0.0743. The van der Waals surface area contributed by atoms with Gasteiger partial charge in [-0.1, -0.05) is 17.7 Å². The van der Waals surface area contributed by atoms with Crippen molar-refractivity contribution >= 4 is 28.9 Å². The van der Waals surface area contributed by atoms with Crippen LogP contribution in [-0.4, -0.2) is 14.7 Å². The number of hydrogen-bond donors (Lipinski definition) is 1. The number of halogens is 1. The molecular formula is C7H5ClO4S. The van der Waals surface area contributed by atoms with Gasteiger partial charge in [-0.15, -0.1) is 0 Å². The van der Waals surface area contributed by atoms with Gasteiger partial charge in [-0.05, 0) is 18.2 Å². The van der Waals surface area contributed by atoms with E-state index in [4.69, 9.17) is 16.2 Å². The summed E-state index contributed by atoms with van der Waals surface area (Å²) in [4.78, 5) is 11.0. The molecule has 0 saturated carbocycles. The molecule has 1 atom stereocenters. The molecule has 0 aliphatic carbocycles. The molecule has 0 amide bonds. The minimum Gasteiger partial charge on any atom is -0.339 e. The molecule has 0 bridgehead atoms. The van der Waals surface area contributed by atoms with Gasteiger partial charge in [-0.2, -0.15) is 4.21 Å². The minimum atomic E-state index is -2.60. The summed E-state index contributed by atoms with van der Waals surface area (Å²) in [7, 11) is 0. The molecule has 0 aliphatic rings. The average Bonchev–Trinajstić information content (AvgIpc) is 2.03. The SMILES string of the molecule is O=C(OS(=O)O)c1cccc(Cl)c1. The molecule has 1 unspecified atom stereocenters. The van der Waals surface area contributed by atoms with Gasteiger partial charge in [-0.3, -0.25) is 4.55 Å². The van der Waals surface area contributed by atoms with Gasteiger partial charge in [0.25, 0.3) is 0 Å². The highest BCUT2D eigenvalue weighted by atomic mass is 35.5. The Bertz CT molecular complexity index is 352. The highest BCUT2D eigenvalue weighted by Gasteiger charge is 2.09. The maximum Gasteiger partial charge on any atom is 0.360 e. The van der Waals surface area contributed by atoms with Gasteiger partial charge in [0, 0.05) is 5.02 Å². The third kappa shape index (κ3) is 3.14. The summed E-state index contributed by atoms with van der Waals surface area (Å²) in [6.07, 6.45) is 0. The average molecular weight is 221 g/mol. The Kier molecular flexibility index (Phi) is 3.41. The van der Waals surface area contributed by atoms with Gasteiger partial charge in [0.15, 0.2) is 0 Å². The van der Waals surface area contributed by atoms with E-state index in [0.29, 0.717) is 5.02 Å². The molecule has 1 aromatic carbocycles. The lowest BCUT2D eigenvalue weighted by Gasteiger charge is -1.98. The van der Waals surface area contributed by atoms with Crippen LogP contribution in [0.3, 0.4) is 0 Å². The summed E-state index contributed by atoms with van der Waals surface area (Å²) in [6, 6.07) is 5.89. The molecular weight excluding hydrogens is 216 g/mol. The maximum absolute atomic E-state index is 11.0. The third-order valence-corrected chi connectivity index (χ3v) is 1.74. The first kappa shape index (κ1) is 10.2. The van der Waals surface area contributed by atoms with Crippen molar-refractivity contribution in [3.8, 4) is 0 Å². The van der Waals surface area contributed by atoms with Gasteiger partial charge < -0.3 is 4.18 Å². The van der Waals surface area contributed by atoms with Crippen molar-refractivity contribution in [2.75, 3.05) is 0 Å². The van der Waals surface area contributed by atoms with Crippen LogP contribution in [0.1, 0.15) is 10.4 Å². The van der Waals surface area contributed by atoms with Gasteiger partial charge in [0.1, 0.15) is 0 Å². The molecule has 0 aliphatic heterocycles. The normalized spacial score (nSPS) is 12.2. The maximum atomic E-state index is 11.0. The molecule has 0 saturated heterocycles. The lowest BCUT2D eigenvalue weighted by Crippen LogP contribution is -2.06. The van der Waals surface area contributed by atoms with Gasteiger partial charge in [0.2, 0.25) is 0 Å². The van der Waals surface area contributed by atoms with Crippen LogP contribution in [0.2, 0.25) is 5.02 Å². The standard InChI is InChI=1S/C7H5ClO4S/c8-6-3-1-2-5(4-6)7(9)12-13(10)11/h1-4H,(H,10,11). The highest BCUT2D eigenvalue weighted by molar-refractivity contribution is 7.74. The van der Waals surface area contributed by atoms with E-state index in [0.717, 1.165) is 0 Å². The molecule has 70 valence electrons. The van der Waals surface area contributed by atoms with E-state index in [1.165, 1.54) is 12.1 Å². The van der Waals surface area contributed by atoms with E-state index in [1.807, 2.05) is 0 Å². The van der Waals surface area contributed by atoms with Crippen molar-refractivity contribution in [3.63, 3.8) is 0 Å². The summed E-state index contributed by atoms with van der Waals surface area (Å²) >= 11 is 2.98. The monoisotopic (exact) mass is 220 g/mol. The van der Waals surface area contributed by atoms with Crippen LogP contribution >= 0.6 is 11.6 Å². The van der Waals surface area contributed by atoms with E-state index in [-0.39, 0.29) is 5.56 Å². The first-order valence-electron chi connectivity index (χ1n) is 3.18. The fourth-order valence-electron chi connectivity index (χ4n) is 0.728. The fraction of sp³-hybridized carbons (Fsp3) is 0. The summed E-state index contributed by atoms with van der Waals surface area (Å²) in [5, 5.41) is 0.359. The zero-order valence-electron chi connectivity index (χ0n) is 6.27. The van der Waals surface area contributed by atoms with E-state index in [9.17, 15) is 9.00 Å². The van der Waals surface area contributed by atoms with Gasteiger partial charge >= 0.3 is 17.3 Å². The molecule has 0 fully saturated rings. The molecule has 6 heteroatoms. The molecule has 0 heterocycles. The van der Waals surface area contributed by atoms with E-state index in [2.05, 4.69) is 4.18 Å². The predicted molar refractivity (Wildman–Crippen MR) is 47.6 cm³/mol. The van der Waals surface area contributed by atoms with Crippen LogP contribution in [0.15, 0.2) is 24.3 Å². The molecule has 0 aromatic heterocycles. The first-order valence-corrected chi connectivity index (χ1v) is 4.59. The number of carbonyl (C=O) groups excluding carboxylic acids is 1. The zero-order chi connectivity index (χ0) is 9.84. The van der Waals surface area contributed by atoms with Gasteiger partial charge in [-0.25, -0.2) is 4.79 Å². The van der Waals surface area contributed by atoms with Crippen LogP contribution in [0, 0.1) is 0 Å². The molecule has 4 nitrogen and oxygen atoms in total. The third-order valence-electron chi connectivity index (χ3n) is 1.21. The summed E-state index contributed by atoms with van der Waals surface area (Å²) < 4.78 is 22.4. The second-order valence-corrected chi connectivity index (χ2v) is 3.14. The van der Waals surface area contributed by atoms with Crippen LogP contribution in [0.5, 0.6) is 0 Å². The summed E-state index contributed by atoms with van der Waals surface area (Å²) in [6.45, 7) is 0. The van der Waals surface area contributed by atoms with E-state index < -0.39 is 17.3 Å². The van der Waals surface area contributed by atoms with E-state index in [1.54, 1.807) is 12.1 Å². The molecule has 0 spiro atoms. The smallest absolute Gasteiger partial charge is 0.339 e. The topological polar surface area (TPSA) is 63.6 Å². The Hall–Kier alpha value is -0.910. The summed E-state index contributed by atoms with van der Waals surface area (Å²) in [5.74, 6) is -0.886. The van der Waals surface area contributed by atoms with Crippen LogP contribution in [0.25, 0.3) is 0 Å². The lowest BCUT2D eigenvalue weighted by atomic mass is 10.2. The van der Waals surface area contributed by atoms with Crippen molar-refractivity contribution < 1.29 is 17.7 Å². The molecule has 1 N–H and O–H groups in total. The highest BCUT2D eigenvalue weighted by Crippen LogP contribution is 2.11. The van der Waals surface area contributed by atoms with Crippen molar-refractivity contribution in [2.24, 2.45) is 0 Å². The number of carbonyl (C=O) groups is 1. The summed E-state index contributed by atoms with van der Waals surface area (Å²) in [5.41, 5.74) is 0.134. The van der Waals surface area contributed by atoms with Crippen molar-refractivity contribution in [2.45, 2.75) is 0 Å². The fourth-order valence-corrected chi connectivity index (χ4v) is 1.14. The second-order valence-electron chi connectivity index (χ2n) is 2.10. The molecule has 0 radical (unpaired) electrons. The van der Waals surface area contributed by atoms with Crippen LogP contribution < -0.4 is 0 Å². The predicted octanol–water partition coefficient (Wildman–Crippen LogP) is 1.63. The Morgan fingerprint density at radius 3 is 2.77 bits per heavy atom. The number of benzene rings is 1. The largest absolute Gasteiger partial charge is 0.360 e. The van der Waals surface area contributed by atoms with Crippen LogP contribution in [0.4, 0.5) is 0 Å². The first-order chi connectivity index (χ1) is 6.09. The zero-order valence-corrected chi connectivity index (χ0v) is 7.84. The van der Waals surface area contributed by atoms with Crippen molar-refractivity contribution in [1.82, 2.24) is 0 Å². The molecule has 13 heavy (non-hydrogen) atoms. The van der Waals surface area contributed by atoms with E-state index >= 15 is 0 Å². The van der Waals surface area contributed by atoms with Gasteiger partial charge in [0.05, 0.1) is 5.56 Å². The van der Waals surface area contributed by atoms with Crippen LogP contribution in [-0.2, 0) is 15.5 Å². The quantitative estimate of drug-likeness (QED) is 0.770. The van der Waals surface area contributed by atoms with Crippen molar-refractivity contribution in [3.05, 3.63) is 34.9 Å². The number of rotatable bonds is 2. The Labute approximate surface area is 82.0 Å². The van der Waals surface area contributed by atoms with Crippen molar-refractivity contribution in [1.29, 1.82) is 0 Å². The molecule has 1 aromatic rings. The second kappa shape index (κ2) is 4.36. The number of hydrogen-bond acceptors (Lipinski definition) is 3. The Balaban J connectivity index is 2.83. The Morgan fingerprint density at radius 2 is 2.23 bits per heavy atom. The molecule has 1 rings (SSSR count).